The van der Waals surface area contributed by atoms with Crippen molar-refractivity contribution in [2.75, 3.05) is 6.61 Å². The Labute approximate surface area is 123 Å². The highest BCUT2D eigenvalue weighted by Crippen LogP contribution is 2.34. The summed E-state index contributed by atoms with van der Waals surface area (Å²) in [6, 6.07) is 0. The fourth-order valence-corrected chi connectivity index (χ4v) is 2.06. The first-order valence-corrected chi connectivity index (χ1v) is 6.81. The number of ether oxygens (including phenoxy) is 2. The summed E-state index contributed by atoms with van der Waals surface area (Å²) in [5.74, 6) is -4.05. The number of hydrogen-bond donors (Lipinski definition) is 1. The van der Waals surface area contributed by atoms with Gasteiger partial charge < -0.3 is 14.6 Å². The number of carboxylic acid groups (broad SMARTS) is 1. The first-order chi connectivity index (χ1) is 9.85. The number of carbonyl (C=O) groups excluding carboxylic acids is 2. The van der Waals surface area contributed by atoms with Crippen LogP contribution in [-0.2, 0) is 23.9 Å². The molecule has 6 heteroatoms. The van der Waals surface area contributed by atoms with Crippen molar-refractivity contribution in [2.45, 2.75) is 38.7 Å². The molecule has 1 rings (SSSR count). The van der Waals surface area contributed by atoms with E-state index in [1.54, 1.807) is 6.08 Å². The lowest BCUT2D eigenvalue weighted by Gasteiger charge is -2.35. The zero-order valence-electron chi connectivity index (χ0n) is 12.3. The Hall–Kier alpha value is -2.11. The van der Waals surface area contributed by atoms with Crippen molar-refractivity contribution in [1.29, 1.82) is 0 Å². The van der Waals surface area contributed by atoms with E-state index in [0.717, 1.165) is 0 Å². The van der Waals surface area contributed by atoms with Crippen LogP contribution in [0, 0.1) is 5.92 Å². The van der Waals surface area contributed by atoms with Crippen LogP contribution in [0.2, 0.25) is 0 Å². The lowest BCUT2D eigenvalue weighted by atomic mass is 9.79. The van der Waals surface area contributed by atoms with E-state index in [1.165, 1.54) is 13.0 Å². The van der Waals surface area contributed by atoms with Gasteiger partial charge in [-0.15, -0.1) is 0 Å². The summed E-state index contributed by atoms with van der Waals surface area (Å²) < 4.78 is 10.2. The van der Waals surface area contributed by atoms with Crippen LogP contribution < -0.4 is 0 Å². The normalized spacial score (nSPS) is 24.2. The van der Waals surface area contributed by atoms with E-state index < -0.39 is 29.4 Å². The number of hydrogen-bond acceptors (Lipinski definition) is 5. The van der Waals surface area contributed by atoms with E-state index in [1.807, 2.05) is 6.92 Å². The van der Waals surface area contributed by atoms with Gasteiger partial charge in [-0.2, -0.15) is 0 Å². The highest BCUT2D eigenvalue weighted by Gasteiger charge is 2.53. The molecule has 1 aliphatic rings. The summed E-state index contributed by atoms with van der Waals surface area (Å²) in [6.07, 6.45) is 4.20. The molecule has 2 unspecified atom stereocenters. The molecule has 0 heterocycles. The van der Waals surface area contributed by atoms with Gasteiger partial charge in [-0.1, -0.05) is 19.6 Å². The average molecular weight is 296 g/mol. The van der Waals surface area contributed by atoms with Crippen molar-refractivity contribution >= 4 is 17.9 Å². The van der Waals surface area contributed by atoms with Crippen LogP contribution in [0.5, 0.6) is 0 Å². The van der Waals surface area contributed by atoms with E-state index in [2.05, 4.69) is 6.58 Å². The molecule has 1 aliphatic carbocycles. The van der Waals surface area contributed by atoms with Crippen LogP contribution in [0.1, 0.15) is 33.1 Å². The topological polar surface area (TPSA) is 89.9 Å². The van der Waals surface area contributed by atoms with Crippen molar-refractivity contribution in [1.82, 2.24) is 0 Å². The van der Waals surface area contributed by atoms with Crippen LogP contribution in [-0.4, -0.2) is 35.2 Å². The van der Waals surface area contributed by atoms with Crippen LogP contribution in [0.4, 0.5) is 0 Å². The summed E-state index contributed by atoms with van der Waals surface area (Å²) in [5.41, 5.74) is -1.84. The Morgan fingerprint density at radius 1 is 1.43 bits per heavy atom. The lowest BCUT2D eigenvalue weighted by molar-refractivity contribution is -0.186. The van der Waals surface area contributed by atoms with Crippen molar-refractivity contribution in [3.8, 4) is 0 Å². The maximum atomic E-state index is 12.3. The second-order valence-corrected chi connectivity index (χ2v) is 4.97. The summed E-state index contributed by atoms with van der Waals surface area (Å²) in [4.78, 5) is 35.6. The van der Waals surface area contributed by atoms with Gasteiger partial charge >= 0.3 is 17.9 Å². The SMILES string of the molecule is C=C(C)C(=O)OC1(C(=O)OCCC)C=CCCC1C(=O)O. The van der Waals surface area contributed by atoms with Gasteiger partial charge in [-0.05, 0) is 32.3 Å². The van der Waals surface area contributed by atoms with Gasteiger partial charge in [0.05, 0.1) is 6.61 Å². The molecule has 0 aromatic heterocycles. The molecule has 0 fully saturated rings. The summed E-state index contributed by atoms with van der Waals surface area (Å²) in [6.45, 7) is 6.81. The van der Waals surface area contributed by atoms with Gasteiger partial charge in [0.25, 0.3) is 0 Å². The largest absolute Gasteiger partial charge is 0.481 e. The zero-order chi connectivity index (χ0) is 16.0. The summed E-state index contributed by atoms with van der Waals surface area (Å²) in [5, 5.41) is 9.34. The van der Waals surface area contributed by atoms with Crippen molar-refractivity contribution in [3.05, 3.63) is 24.3 Å². The fourth-order valence-electron chi connectivity index (χ4n) is 2.06. The van der Waals surface area contributed by atoms with Gasteiger partial charge in [-0.25, -0.2) is 9.59 Å². The molecule has 0 spiro atoms. The molecule has 0 saturated heterocycles. The first kappa shape index (κ1) is 16.9. The van der Waals surface area contributed by atoms with E-state index in [4.69, 9.17) is 9.47 Å². The molecule has 2 atom stereocenters. The van der Waals surface area contributed by atoms with E-state index in [-0.39, 0.29) is 18.6 Å². The number of esters is 2. The van der Waals surface area contributed by atoms with Gasteiger partial charge in [-0.3, -0.25) is 4.79 Å². The Balaban J connectivity index is 3.19. The van der Waals surface area contributed by atoms with E-state index >= 15 is 0 Å². The number of carbonyl (C=O) groups is 3. The maximum Gasteiger partial charge on any atom is 0.355 e. The van der Waals surface area contributed by atoms with Gasteiger partial charge in [0, 0.05) is 5.57 Å². The molecule has 0 radical (unpaired) electrons. The zero-order valence-corrected chi connectivity index (χ0v) is 12.3. The third-order valence-electron chi connectivity index (χ3n) is 3.17. The minimum atomic E-state index is -1.92. The third-order valence-corrected chi connectivity index (χ3v) is 3.17. The van der Waals surface area contributed by atoms with Crippen molar-refractivity contribution in [2.24, 2.45) is 5.92 Å². The van der Waals surface area contributed by atoms with Crippen molar-refractivity contribution < 1.29 is 29.0 Å². The number of allylic oxidation sites excluding steroid dienone is 1. The first-order valence-electron chi connectivity index (χ1n) is 6.81. The molecule has 0 saturated carbocycles. The molecule has 6 nitrogen and oxygen atoms in total. The monoisotopic (exact) mass is 296 g/mol. The van der Waals surface area contributed by atoms with Crippen LogP contribution >= 0.6 is 0 Å². The van der Waals surface area contributed by atoms with Gasteiger partial charge in [0.2, 0.25) is 5.60 Å². The molecule has 0 aliphatic heterocycles. The Kier molecular flexibility index (Phi) is 5.69. The predicted molar refractivity (Wildman–Crippen MR) is 74.4 cm³/mol. The molecule has 116 valence electrons. The van der Waals surface area contributed by atoms with Gasteiger partial charge in [0.1, 0.15) is 5.92 Å². The Morgan fingerprint density at radius 2 is 2.10 bits per heavy atom. The second kappa shape index (κ2) is 7.06. The fraction of sp³-hybridized carbons (Fsp3) is 0.533. The minimum absolute atomic E-state index is 0.0841. The number of rotatable bonds is 6. The molecule has 1 N–H and O–H groups in total. The number of aliphatic carboxylic acids is 1. The van der Waals surface area contributed by atoms with Crippen LogP contribution in [0.15, 0.2) is 24.3 Å². The standard InChI is InChI=1S/C15H20O6/c1-4-9-20-14(19)15(21-13(18)10(2)3)8-6-5-7-11(15)12(16)17/h6,8,11H,2,4-5,7,9H2,1,3H3,(H,16,17). The molecule has 0 bridgehead atoms. The molecule has 0 aromatic carbocycles. The Morgan fingerprint density at radius 3 is 2.62 bits per heavy atom. The van der Waals surface area contributed by atoms with Crippen molar-refractivity contribution in [3.63, 3.8) is 0 Å². The molecular formula is C15H20O6. The minimum Gasteiger partial charge on any atom is -0.481 e. The van der Waals surface area contributed by atoms with E-state index in [9.17, 15) is 19.5 Å². The highest BCUT2D eigenvalue weighted by atomic mass is 16.6. The predicted octanol–water partition coefficient (Wildman–Crippen LogP) is 1.85. The molecule has 0 aromatic rings. The molecular weight excluding hydrogens is 276 g/mol. The van der Waals surface area contributed by atoms with E-state index in [0.29, 0.717) is 12.8 Å². The summed E-state index contributed by atoms with van der Waals surface area (Å²) in [7, 11) is 0. The highest BCUT2D eigenvalue weighted by molar-refractivity contribution is 5.95. The second-order valence-electron chi connectivity index (χ2n) is 4.97. The molecule has 0 amide bonds. The smallest absolute Gasteiger partial charge is 0.355 e. The molecule has 21 heavy (non-hydrogen) atoms. The quantitative estimate of drug-likeness (QED) is 0.457. The Bertz CT molecular complexity index is 479. The average Bonchev–Trinajstić information content (AvgIpc) is 2.44. The number of carboxylic acids is 1. The summed E-state index contributed by atoms with van der Waals surface area (Å²) >= 11 is 0. The van der Waals surface area contributed by atoms with Crippen LogP contribution in [0.25, 0.3) is 0 Å². The maximum absolute atomic E-state index is 12.3. The van der Waals surface area contributed by atoms with Gasteiger partial charge in [0.15, 0.2) is 0 Å². The van der Waals surface area contributed by atoms with Crippen LogP contribution in [0.3, 0.4) is 0 Å². The third kappa shape index (κ3) is 3.71. The lowest BCUT2D eigenvalue weighted by Crippen LogP contribution is -2.53.